The zero-order chi connectivity index (χ0) is 16.6. The van der Waals surface area contributed by atoms with E-state index in [1.165, 1.54) is 24.5 Å². The molecular formula is C18H20FNO3. The highest BCUT2D eigenvalue weighted by molar-refractivity contribution is 5.88. The van der Waals surface area contributed by atoms with Gasteiger partial charge in [0.2, 0.25) is 0 Å². The number of carboxylic acid groups (broad SMARTS) is 1. The van der Waals surface area contributed by atoms with Gasteiger partial charge >= 0.3 is 5.97 Å². The summed E-state index contributed by atoms with van der Waals surface area (Å²) in [5, 5.41) is 9.20. The molecule has 5 heteroatoms. The molecule has 1 unspecified atom stereocenters. The summed E-state index contributed by atoms with van der Waals surface area (Å²) in [6.45, 7) is 5.57. The van der Waals surface area contributed by atoms with Crippen LogP contribution in [0.4, 0.5) is 4.39 Å². The largest absolute Gasteiger partial charge is 0.478 e. The summed E-state index contributed by atoms with van der Waals surface area (Å²) in [4.78, 5) is 13.5. The molecule has 1 fully saturated rings. The quantitative estimate of drug-likeness (QED) is 0.929. The van der Waals surface area contributed by atoms with E-state index < -0.39 is 5.97 Å². The van der Waals surface area contributed by atoms with Gasteiger partial charge in [-0.15, -0.1) is 0 Å². The van der Waals surface area contributed by atoms with E-state index in [0.29, 0.717) is 12.3 Å². The summed E-state index contributed by atoms with van der Waals surface area (Å²) in [5.41, 5.74) is 1.16. The van der Waals surface area contributed by atoms with Crippen molar-refractivity contribution in [2.24, 2.45) is 0 Å². The summed E-state index contributed by atoms with van der Waals surface area (Å²) in [6, 6.07) is 8.13. The molecule has 1 aromatic carbocycles. The summed E-state index contributed by atoms with van der Waals surface area (Å²) >= 11 is 0. The van der Waals surface area contributed by atoms with Gasteiger partial charge in [0.1, 0.15) is 17.1 Å². The molecule has 0 spiro atoms. The molecule has 1 saturated heterocycles. The molecule has 122 valence electrons. The van der Waals surface area contributed by atoms with Crippen molar-refractivity contribution in [3.8, 4) is 0 Å². The molecule has 1 aromatic heterocycles. The zero-order valence-corrected chi connectivity index (χ0v) is 13.3. The van der Waals surface area contributed by atoms with Crippen LogP contribution in [0.25, 0.3) is 0 Å². The monoisotopic (exact) mass is 317 g/mol. The van der Waals surface area contributed by atoms with E-state index in [4.69, 9.17) is 4.42 Å². The third-order valence-electron chi connectivity index (χ3n) is 4.94. The van der Waals surface area contributed by atoms with Crippen LogP contribution in [-0.2, 0) is 6.54 Å². The molecule has 0 amide bonds. The molecule has 0 saturated carbocycles. The SMILES string of the molecule is CC1(C)C(c2ccc(F)cc2)CCN1Cc1occc1C(=O)O. The van der Waals surface area contributed by atoms with Crippen LogP contribution in [0.2, 0.25) is 0 Å². The second-order valence-corrected chi connectivity index (χ2v) is 6.53. The van der Waals surface area contributed by atoms with Crippen molar-refractivity contribution in [2.75, 3.05) is 6.54 Å². The third kappa shape index (κ3) is 2.88. The molecule has 2 aromatic rings. The molecular weight excluding hydrogens is 297 g/mol. The first-order valence-electron chi connectivity index (χ1n) is 7.70. The average molecular weight is 317 g/mol. The van der Waals surface area contributed by atoms with Gasteiger partial charge in [0.05, 0.1) is 12.8 Å². The fourth-order valence-electron chi connectivity index (χ4n) is 3.53. The van der Waals surface area contributed by atoms with Crippen LogP contribution in [0.15, 0.2) is 41.0 Å². The van der Waals surface area contributed by atoms with Crippen LogP contribution in [0.1, 0.15) is 47.9 Å². The van der Waals surface area contributed by atoms with Gasteiger partial charge in [-0.25, -0.2) is 9.18 Å². The van der Waals surface area contributed by atoms with Crippen LogP contribution < -0.4 is 0 Å². The lowest BCUT2D eigenvalue weighted by Crippen LogP contribution is -2.41. The Balaban J connectivity index is 1.81. The van der Waals surface area contributed by atoms with E-state index in [1.807, 2.05) is 12.1 Å². The van der Waals surface area contributed by atoms with Crippen LogP contribution in [0.3, 0.4) is 0 Å². The van der Waals surface area contributed by atoms with Crippen LogP contribution in [-0.4, -0.2) is 28.1 Å². The highest BCUT2D eigenvalue weighted by Crippen LogP contribution is 2.42. The molecule has 2 heterocycles. The van der Waals surface area contributed by atoms with E-state index in [9.17, 15) is 14.3 Å². The van der Waals surface area contributed by atoms with Gasteiger partial charge < -0.3 is 9.52 Å². The molecule has 23 heavy (non-hydrogen) atoms. The van der Waals surface area contributed by atoms with E-state index in [1.54, 1.807) is 0 Å². The normalized spacial score (nSPS) is 20.7. The van der Waals surface area contributed by atoms with E-state index in [-0.39, 0.29) is 22.8 Å². The predicted molar refractivity (Wildman–Crippen MR) is 83.9 cm³/mol. The molecule has 1 atom stereocenters. The van der Waals surface area contributed by atoms with E-state index >= 15 is 0 Å². The van der Waals surface area contributed by atoms with Crippen molar-refractivity contribution < 1.29 is 18.7 Å². The number of halogens is 1. The molecule has 3 rings (SSSR count). The maximum Gasteiger partial charge on any atom is 0.339 e. The number of carboxylic acids is 1. The number of rotatable bonds is 4. The van der Waals surface area contributed by atoms with Crippen molar-refractivity contribution in [2.45, 2.75) is 38.3 Å². The Morgan fingerprint density at radius 1 is 1.35 bits per heavy atom. The second kappa shape index (κ2) is 5.81. The predicted octanol–water partition coefficient (Wildman–Crippen LogP) is 3.89. The second-order valence-electron chi connectivity index (χ2n) is 6.53. The molecule has 1 aliphatic rings. The van der Waals surface area contributed by atoms with Gasteiger partial charge in [0.15, 0.2) is 0 Å². The number of carbonyl (C=O) groups is 1. The number of likely N-dealkylation sites (tertiary alicyclic amines) is 1. The van der Waals surface area contributed by atoms with Crippen molar-refractivity contribution >= 4 is 5.97 Å². The number of furan rings is 1. The number of aromatic carboxylic acids is 1. The van der Waals surface area contributed by atoms with E-state index in [2.05, 4.69) is 18.7 Å². The van der Waals surface area contributed by atoms with Crippen LogP contribution in [0, 0.1) is 5.82 Å². The van der Waals surface area contributed by atoms with Crippen molar-refractivity contribution in [1.82, 2.24) is 4.90 Å². The lowest BCUT2D eigenvalue weighted by molar-refractivity contribution is 0.0689. The molecule has 0 bridgehead atoms. The first kappa shape index (κ1) is 15.7. The molecule has 0 radical (unpaired) electrons. The average Bonchev–Trinajstić information content (AvgIpc) is 3.06. The van der Waals surface area contributed by atoms with E-state index in [0.717, 1.165) is 18.5 Å². The lowest BCUT2D eigenvalue weighted by Gasteiger charge is -2.36. The Hall–Kier alpha value is -2.14. The molecule has 4 nitrogen and oxygen atoms in total. The Morgan fingerprint density at radius 3 is 2.70 bits per heavy atom. The Morgan fingerprint density at radius 2 is 2.04 bits per heavy atom. The first-order chi connectivity index (χ1) is 10.9. The highest BCUT2D eigenvalue weighted by Gasteiger charge is 2.42. The maximum atomic E-state index is 13.1. The number of hydrogen-bond acceptors (Lipinski definition) is 3. The summed E-state index contributed by atoms with van der Waals surface area (Å²) in [6.07, 6.45) is 2.36. The minimum atomic E-state index is -0.971. The maximum absolute atomic E-state index is 13.1. The first-order valence-corrected chi connectivity index (χ1v) is 7.70. The minimum absolute atomic E-state index is 0.166. The fraction of sp³-hybridized carbons (Fsp3) is 0.389. The zero-order valence-electron chi connectivity index (χ0n) is 13.3. The van der Waals surface area contributed by atoms with Gasteiger partial charge in [-0.2, -0.15) is 0 Å². The van der Waals surface area contributed by atoms with Gasteiger partial charge in [-0.05, 0) is 50.6 Å². The van der Waals surface area contributed by atoms with Gasteiger partial charge in [0.25, 0.3) is 0 Å². The molecule has 1 aliphatic heterocycles. The Kier molecular flexibility index (Phi) is 3.98. The third-order valence-corrected chi connectivity index (χ3v) is 4.94. The smallest absolute Gasteiger partial charge is 0.339 e. The molecule has 1 N–H and O–H groups in total. The number of benzene rings is 1. The van der Waals surface area contributed by atoms with Crippen molar-refractivity contribution in [1.29, 1.82) is 0 Å². The summed E-state index contributed by atoms with van der Waals surface area (Å²) < 4.78 is 18.5. The summed E-state index contributed by atoms with van der Waals surface area (Å²) in [5.74, 6) is -0.458. The number of nitrogens with zero attached hydrogens (tertiary/aromatic N) is 1. The lowest BCUT2D eigenvalue weighted by atomic mass is 9.82. The van der Waals surface area contributed by atoms with Gasteiger partial charge in [0, 0.05) is 11.5 Å². The fourth-order valence-corrected chi connectivity index (χ4v) is 3.53. The minimum Gasteiger partial charge on any atom is -0.478 e. The van der Waals surface area contributed by atoms with Crippen molar-refractivity contribution in [3.05, 3.63) is 59.3 Å². The number of hydrogen-bond donors (Lipinski definition) is 1. The highest BCUT2D eigenvalue weighted by atomic mass is 19.1. The van der Waals surface area contributed by atoms with Crippen LogP contribution in [0.5, 0.6) is 0 Å². The van der Waals surface area contributed by atoms with Crippen LogP contribution >= 0.6 is 0 Å². The standard InChI is InChI=1S/C18H20FNO3/c1-18(2)15(12-3-5-13(19)6-4-12)7-9-20(18)11-16-14(17(21)22)8-10-23-16/h3-6,8,10,15H,7,9,11H2,1-2H3,(H,21,22). The van der Waals surface area contributed by atoms with Crippen molar-refractivity contribution in [3.63, 3.8) is 0 Å². The molecule has 0 aliphatic carbocycles. The van der Waals surface area contributed by atoms with Gasteiger partial charge in [-0.3, -0.25) is 4.90 Å². The Labute approximate surface area is 134 Å². The van der Waals surface area contributed by atoms with Gasteiger partial charge in [-0.1, -0.05) is 12.1 Å². The Bertz CT molecular complexity index is 705. The topological polar surface area (TPSA) is 53.7 Å². The summed E-state index contributed by atoms with van der Waals surface area (Å²) in [7, 11) is 0.